The van der Waals surface area contributed by atoms with Crippen LogP contribution in [-0.2, 0) is 20.8 Å². The van der Waals surface area contributed by atoms with Crippen molar-refractivity contribution in [1.82, 2.24) is 4.90 Å². The molecule has 0 aliphatic carbocycles. The summed E-state index contributed by atoms with van der Waals surface area (Å²) in [7, 11) is 4.98. The first kappa shape index (κ1) is 16.5. The van der Waals surface area contributed by atoms with Gasteiger partial charge >= 0.3 is 0 Å². The van der Waals surface area contributed by atoms with E-state index in [1.54, 1.807) is 26.2 Å². The molecule has 5 heteroatoms. The third-order valence-electron chi connectivity index (χ3n) is 2.93. The summed E-state index contributed by atoms with van der Waals surface area (Å²) in [6, 6.07) is 5.92. The molecule has 0 saturated heterocycles. The standard InChI is InChI=1S/C15H23NO4/c1-12-5-6-14(19-4)13(9-12)10-16(2)15(17)11-20-8-7-18-3/h5-6,9H,7-8,10-11H2,1-4H3. The molecule has 0 saturated carbocycles. The molecule has 112 valence electrons. The second-order valence-electron chi connectivity index (χ2n) is 4.61. The number of carbonyl (C=O) groups is 1. The lowest BCUT2D eigenvalue weighted by molar-refractivity contribution is -0.135. The number of benzene rings is 1. The van der Waals surface area contributed by atoms with Crippen LogP contribution in [0.1, 0.15) is 11.1 Å². The molecule has 0 aliphatic rings. The number of likely N-dealkylation sites (N-methyl/N-ethyl adjacent to an activating group) is 1. The van der Waals surface area contributed by atoms with E-state index in [-0.39, 0.29) is 12.5 Å². The molecule has 0 aliphatic heterocycles. The summed E-state index contributed by atoms with van der Waals surface area (Å²) in [4.78, 5) is 13.5. The van der Waals surface area contributed by atoms with Crippen molar-refractivity contribution in [2.45, 2.75) is 13.5 Å². The first-order valence-electron chi connectivity index (χ1n) is 6.52. The SMILES string of the molecule is COCCOCC(=O)N(C)Cc1cc(C)ccc1OC. The normalized spacial score (nSPS) is 10.4. The van der Waals surface area contributed by atoms with Gasteiger partial charge in [0.15, 0.2) is 0 Å². The van der Waals surface area contributed by atoms with Gasteiger partial charge in [0, 0.05) is 26.3 Å². The zero-order valence-electron chi connectivity index (χ0n) is 12.6. The molecule has 0 spiro atoms. The van der Waals surface area contributed by atoms with E-state index in [2.05, 4.69) is 0 Å². The van der Waals surface area contributed by atoms with E-state index in [4.69, 9.17) is 14.2 Å². The Bertz CT molecular complexity index is 434. The fraction of sp³-hybridized carbons (Fsp3) is 0.533. The summed E-state index contributed by atoms with van der Waals surface area (Å²) in [5, 5.41) is 0. The van der Waals surface area contributed by atoms with Gasteiger partial charge in [0.2, 0.25) is 5.91 Å². The molecule has 0 bridgehead atoms. The van der Waals surface area contributed by atoms with Crippen molar-refractivity contribution in [3.63, 3.8) is 0 Å². The van der Waals surface area contributed by atoms with Crippen LogP contribution in [0.15, 0.2) is 18.2 Å². The molecule has 20 heavy (non-hydrogen) atoms. The van der Waals surface area contributed by atoms with E-state index in [1.165, 1.54) is 0 Å². The molecule has 0 N–H and O–H groups in total. The van der Waals surface area contributed by atoms with Crippen LogP contribution in [0.4, 0.5) is 0 Å². The first-order valence-corrected chi connectivity index (χ1v) is 6.52. The van der Waals surface area contributed by atoms with Crippen molar-refractivity contribution in [2.75, 3.05) is 41.1 Å². The summed E-state index contributed by atoms with van der Waals surface area (Å²) in [6.45, 7) is 3.48. The molecule has 0 radical (unpaired) electrons. The number of ether oxygens (including phenoxy) is 3. The van der Waals surface area contributed by atoms with Crippen molar-refractivity contribution >= 4 is 5.91 Å². The Kier molecular flexibility index (Phi) is 7.04. The van der Waals surface area contributed by atoms with Gasteiger partial charge in [-0.25, -0.2) is 0 Å². The van der Waals surface area contributed by atoms with E-state index >= 15 is 0 Å². The Morgan fingerprint density at radius 1 is 1.25 bits per heavy atom. The maximum atomic E-state index is 11.9. The van der Waals surface area contributed by atoms with Gasteiger partial charge in [-0.05, 0) is 13.0 Å². The monoisotopic (exact) mass is 281 g/mol. The summed E-state index contributed by atoms with van der Waals surface area (Å²) >= 11 is 0. The summed E-state index contributed by atoms with van der Waals surface area (Å²) in [6.07, 6.45) is 0. The van der Waals surface area contributed by atoms with Crippen LogP contribution in [0.2, 0.25) is 0 Å². The second kappa shape index (κ2) is 8.55. The minimum absolute atomic E-state index is 0.0635. The largest absolute Gasteiger partial charge is 0.496 e. The van der Waals surface area contributed by atoms with Crippen LogP contribution in [0.25, 0.3) is 0 Å². The van der Waals surface area contributed by atoms with Crippen molar-refractivity contribution in [2.24, 2.45) is 0 Å². The highest BCUT2D eigenvalue weighted by molar-refractivity contribution is 5.77. The molecular weight excluding hydrogens is 258 g/mol. The molecule has 1 aromatic carbocycles. The zero-order valence-corrected chi connectivity index (χ0v) is 12.6. The lowest BCUT2D eigenvalue weighted by Gasteiger charge is -2.19. The number of amides is 1. The van der Waals surface area contributed by atoms with Crippen molar-refractivity contribution in [3.05, 3.63) is 29.3 Å². The third kappa shape index (κ3) is 5.19. The van der Waals surface area contributed by atoms with Crippen LogP contribution in [0.3, 0.4) is 0 Å². The third-order valence-corrected chi connectivity index (χ3v) is 2.93. The van der Waals surface area contributed by atoms with E-state index in [9.17, 15) is 4.79 Å². The molecule has 0 aromatic heterocycles. The van der Waals surface area contributed by atoms with Crippen molar-refractivity contribution < 1.29 is 19.0 Å². The van der Waals surface area contributed by atoms with Gasteiger partial charge in [-0.3, -0.25) is 4.79 Å². The maximum absolute atomic E-state index is 11.9. The van der Waals surface area contributed by atoms with Gasteiger partial charge < -0.3 is 19.1 Å². The minimum Gasteiger partial charge on any atom is -0.496 e. The molecule has 5 nitrogen and oxygen atoms in total. The van der Waals surface area contributed by atoms with Crippen LogP contribution < -0.4 is 4.74 Å². The highest BCUT2D eigenvalue weighted by atomic mass is 16.5. The maximum Gasteiger partial charge on any atom is 0.248 e. The molecule has 1 rings (SSSR count). The van der Waals surface area contributed by atoms with E-state index < -0.39 is 0 Å². The van der Waals surface area contributed by atoms with Gasteiger partial charge in [0.05, 0.1) is 20.3 Å². The Hall–Kier alpha value is -1.59. The fourth-order valence-electron chi connectivity index (χ4n) is 1.79. The average molecular weight is 281 g/mol. The van der Waals surface area contributed by atoms with E-state index in [1.807, 2.05) is 25.1 Å². The lowest BCUT2D eigenvalue weighted by atomic mass is 10.1. The van der Waals surface area contributed by atoms with E-state index in [0.29, 0.717) is 19.8 Å². The Labute approximate surface area is 120 Å². The Morgan fingerprint density at radius 2 is 2.00 bits per heavy atom. The fourth-order valence-corrected chi connectivity index (χ4v) is 1.79. The zero-order chi connectivity index (χ0) is 15.0. The molecule has 0 fully saturated rings. The van der Waals surface area contributed by atoms with Crippen LogP contribution >= 0.6 is 0 Å². The molecule has 0 unspecified atom stereocenters. The highest BCUT2D eigenvalue weighted by Crippen LogP contribution is 2.20. The second-order valence-corrected chi connectivity index (χ2v) is 4.61. The Balaban J connectivity index is 2.54. The topological polar surface area (TPSA) is 48.0 Å². The number of hydrogen-bond acceptors (Lipinski definition) is 4. The van der Waals surface area contributed by atoms with Gasteiger partial charge in [0.25, 0.3) is 0 Å². The number of hydrogen-bond donors (Lipinski definition) is 0. The average Bonchev–Trinajstić information content (AvgIpc) is 2.43. The summed E-state index contributed by atoms with van der Waals surface area (Å²) < 4.78 is 15.4. The van der Waals surface area contributed by atoms with Gasteiger partial charge in [-0.15, -0.1) is 0 Å². The predicted octanol–water partition coefficient (Wildman–Crippen LogP) is 1.63. The molecular formula is C15H23NO4. The highest BCUT2D eigenvalue weighted by Gasteiger charge is 2.12. The van der Waals surface area contributed by atoms with Crippen LogP contribution in [-0.4, -0.2) is 51.9 Å². The van der Waals surface area contributed by atoms with E-state index in [0.717, 1.165) is 16.9 Å². The number of aryl methyl sites for hydroxylation is 1. The van der Waals surface area contributed by atoms with Gasteiger partial charge in [-0.1, -0.05) is 17.7 Å². The number of nitrogens with zero attached hydrogens (tertiary/aromatic N) is 1. The first-order chi connectivity index (χ1) is 9.58. The molecule has 1 amide bonds. The molecule has 1 aromatic rings. The van der Waals surface area contributed by atoms with Gasteiger partial charge in [-0.2, -0.15) is 0 Å². The number of methoxy groups -OCH3 is 2. The molecule has 0 heterocycles. The minimum atomic E-state index is -0.0651. The number of carbonyl (C=O) groups excluding carboxylic acids is 1. The lowest BCUT2D eigenvalue weighted by Crippen LogP contribution is -2.30. The molecule has 0 atom stereocenters. The van der Waals surface area contributed by atoms with Crippen molar-refractivity contribution in [1.29, 1.82) is 0 Å². The number of rotatable bonds is 8. The Morgan fingerprint density at radius 3 is 2.65 bits per heavy atom. The smallest absolute Gasteiger partial charge is 0.248 e. The quantitative estimate of drug-likeness (QED) is 0.679. The summed E-state index contributed by atoms with van der Waals surface area (Å²) in [5.41, 5.74) is 2.12. The van der Waals surface area contributed by atoms with Gasteiger partial charge in [0.1, 0.15) is 12.4 Å². The summed E-state index contributed by atoms with van der Waals surface area (Å²) in [5.74, 6) is 0.722. The van der Waals surface area contributed by atoms with Crippen LogP contribution in [0, 0.1) is 6.92 Å². The predicted molar refractivity (Wildman–Crippen MR) is 76.9 cm³/mol. The van der Waals surface area contributed by atoms with Crippen molar-refractivity contribution in [3.8, 4) is 5.75 Å². The van der Waals surface area contributed by atoms with Crippen LogP contribution in [0.5, 0.6) is 5.75 Å².